The van der Waals surface area contributed by atoms with Crippen molar-refractivity contribution >= 4 is 22.7 Å². The van der Waals surface area contributed by atoms with E-state index in [4.69, 9.17) is 0 Å². The van der Waals surface area contributed by atoms with Crippen molar-refractivity contribution in [3.8, 4) is 0 Å². The molecular formula is C18H14F2N2O2. The maximum Gasteiger partial charge on any atom is 0.253 e. The summed E-state index contributed by atoms with van der Waals surface area (Å²) in [7, 11) is 0. The van der Waals surface area contributed by atoms with Gasteiger partial charge in [-0.05, 0) is 24.3 Å². The molecule has 0 atom stereocenters. The van der Waals surface area contributed by atoms with E-state index in [1.807, 2.05) is 0 Å². The topological polar surface area (TPSA) is 51.1 Å². The van der Waals surface area contributed by atoms with Crippen molar-refractivity contribution in [1.29, 1.82) is 0 Å². The lowest BCUT2D eigenvalue weighted by Gasteiger charge is -2.05. The van der Waals surface area contributed by atoms with Crippen LogP contribution in [0.25, 0.3) is 10.9 Å². The van der Waals surface area contributed by atoms with Crippen LogP contribution in [0.1, 0.15) is 27.6 Å². The van der Waals surface area contributed by atoms with E-state index in [-0.39, 0.29) is 18.0 Å². The average molecular weight is 328 g/mol. The number of nitrogens with one attached hydrogen (secondary N) is 1. The van der Waals surface area contributed by atoms with Crippen molar-refractivity contribution < 1.29 is 18.4 Å². The third-order valence-electron chi connectivity index (χ3n) is 3.75. The third kappa shape index (κ3) is 2.90. The molecule has 0 saturated carbocycles. The summed E-state index contributed by atoms with van der Waals surface area (Å²) in [5.41, 5.74) is 0.905. The summed E-state index contributed by atoms with van der Waals surface area (Å²) in [6.45, 7) is 1.34. The number of carbonyl (C=O) groups excluding carboxylic acids is 2. The monoisotopic (exact) mass is 328 g/mol. The first-order valence-electron chi connectivity index (χ1n) is 7.30. The van der Waals surface area contributed by atoms with E-state index in [9.17, 15) is 18.4 Å². The van der Waals surface area contributed by atoms with Gasteiger partial charge < -0.3 is 5.32 Å². The summed E-state index contributed by atoms with van der Waals surface area (Å²) in [5.74, 6) is -1.71. The van der Waals surface area contributed by atoms with Crippen molar-refractivity contribution in [2.24, 2.45) is 0 Å². The first kappa shape index (κ1) is 15.9. The normalized spacial score (nSPS) is 10.8. The molecule has 122 valence electrons. The van der Waals surface area contributed by atoms with Gasteiger partial charge in [-0.25, -0.2) is 8.78 Å². The van der Waals surface area contributed by atoms with Crippen molar-refractivity contribution in [2.45, 2.75) is 13.5 Å². The van der Waals surface area contributed by atoms with Gasteiger partial charge in [-0.1, -0.05) is 18.2 Å². The zero-order chi connectivity index (χ0) is 17.3. The number of benzene rings is 2. The van der Waals surface area contributed by atoms with E-state index >= 15 is 0 Å². The standard InChI is InChI=1S/C18H14F2N2O2/c1-11(23)22-10-15(14-7-6-13(19)8-17(14)22)18(24)21-9-12-4-2-3-5-16(12)20/h2-8,10H,9H2,1H3,(H,21,24). The second-order valence-corrected chi connectivity index (χ2v) is 5.37. The summed E-state index contributed by atoms with van der Waals surface area (Å²) in [5, 5.41) is 3.07. The maximum absolute atomic E-state index is 13.6. The highest BCUT2D eigenvalue weighted by atomic mass is 19.1. The number of fused-ring (bicyclic) bond motifs is 1. The van der Waals surface area contributed by atoms with Gasteiger partial charge in [0.1, 0.15) is 11.6 Å². The van der Waals surface area contributed by atoms with Gasteiger partial charge in [0.15, 0.2) is 0 Å². The molecule has 0 unspecified atom stereocenters. The largest absolute Gasteiger partial charge is 0.348 e. The van der Waals surface area contributed by atoms with Crippen molar-refractivity contribution in [3.05, 3.63) is 71.4 Å². The Morgan fingerprint density at radius 2 is 1.88 bits per heavy atom. The van der Waals surface area contributed by atoms with Crippen LogP contribution < -0.4 is 5.32 Å². The minimum Gasteiger partial charge on any atom is -0.348 e. The molecule has 0 radical (unpaired) electrons. The molecular weight excluding hydrogens is 314 g/mol. The molecule has 0 aliphatic rings. The molecule has 0 spiro atoms. The number of hydrogen-bond donors (Lipinski definition) is 1. The van der Waals surface area contributed by atoms with Crippen molar-refractivity contribution in [2.75, 3.05) is 0 Å². The van der Waals surface area contributed by atoms with Crippen LogP contribution in [-0.2, 0) is 6.54 Å². The zero-order valence-electron chi connectivity index (χ0n) is 12.8. The molecule has 2 aromatic carbocycles. The van der Waals surface area contributed by atoms with Gasteiger partial charge in [-0.2, -0.15) is 0 Å². The fraction of sp³-hybridized carbons (Fsp3) is 0.111. The number of amides is 1. The van der Waals surface area contributed by atoms with Gasteiger partial charge in [0.05, 0.1) is 11.1 Å². The van der Waals surface area contributed by atoms with Gasteiger partial charge in [0.25, 0.3) is 5.91 Å². The lowest BCUT2D eigenvalue weighted by atomic mass is 10.1. The summed E-state index contributed by atoms with van der Waals surface area (Å²) in [6.07, 6.45) is 1.36. The lowest BCUT2D eigenvalue weighted by Crippen LogP contribution is -2.23. The molecule has 1 aromatic heterocycles. The molecule has 24 heavy (non-hydrogen) atoms. The van der Waals surface area contributed by atoms with Crippen LogP contribution in [-0.4, -0.2) is 16.4 Å². The number of aromatic nitrogens is 1. The molecule has 0 bridgehead atoms. The average Bonchev–Trinajstić information content (AvgIpc) is 2.92. The molecule has 0 saturated heterocycles. The molecule has 6 heteroatoms. The quantitative estimate of drug-likeness (QED) is 0.800. The SMILES string of the molecule is CC(=O)n1cc(C(=O)NCc2ccccc2F)c2ccc(F)cc21. The van der Waals surface area contributed by atoms with Crippen LogP contribution in [0.5, 0.6) is 0 Å². The predicted octanol–water partition coefficient (Wildman–Crippen LogP) is 3.51. The maximum atomic E-state index is 13.6. The number of halogens is 2. The van der Waals surface area contributed by atoms with Gasteiger partial charge in [0, 0.05) is 30.6 Å². The molecule has 1 heterocycles. The van der Waals surface area contributed by atoms with Gasteiger partial charge >= 0.3 is 0 Å². The minimum absolute atomic E-state index is 0.0133. The number of hydrogen-bond acceptors (Lipinski definition) is 2. The molecule has 4 nitrogen and oxygen atoms in total. The van der Waals surface area contributed by atoms with Crippen LogP contribution >= 0.6 is 0 Å². The number of nitrogens with zero attached hydrogens (tertiary/aromatic N) is 1. The van der Waals surface area contributed by atoms with Crippen LogP contribution in [0, 0.1) is 11.6 Å². The summed E-state index contributed by atoms with van der Waals surface area (Å²) >= 11 is 0. The Morgan fingerprint density at radius 1 is 1.12 bits per heavy atom. The third-order valence-corrected chi connectivity index (χ3v) is 3.75. The van der Waals surface area contributed by atoms with E-state index in [1.165, 1.54) is 42.0 Å². The highest BCUT2D eigenvalue weighted by Crippen LogP contribution is 2.22. The molecule has 0 aliphatic heterocycles. The lowest BCUT2D eigenvalue weighted by molar-refractivity contribution is 0.0941. The zero-order valence-corrected chi connectivity index (χ0v) is 12.8. The molecule has 3 aromatic rings. The van der Waals surface area contributed by atoms with E-state index in [1.54, 1.807) is 18.2 Å². The smallest absolute Gasteiger partial charge is 0.253 e. The summed E-state index contributed by atoms with van der Waals surface area (Å²) in [4.78, 5) is 24.1. The number of rotatable bonds is 3. The first-order chi connectivity index (χ1) is 11.5. The fourth-order valence-corrected chi connectivity index (χ4v) is 2.55. The first-order valence-corrected chi connectivity index (χ1v) is 7.30. The van der Waals surface area contributed by atoms with Gasteiger partial charge in [-0.15, -0.1) is 0 Å². The molecule has 0 fully saturated rings. The number of carbonyl (C=O) groups is 2. The van der Waals surface area contributed by atoms with E-state index < -0.39 is 17.5 Å². The van der Waals surface area contributed by atoms with Crippen molar-refractivity contribution in [3.63, 3.8) is 0 Å². The summed E-state index contributed by atoms with van der Waals surface area (Å²) in [6, 6.07) is 9.99. The van der Waals surface area contributed by atoms with Crippen LogP contribution in [0.2, 0.25) is 0 Å². The molecule has 3 rings (SSSR count). The Hall–Kier alpha value is -3.02. The molecule has 0 aliphatic carbocycles. The Bertz CT molecular complexity index is 947. The van der Waals surface area contributed by atoms with Crippen LogP contribution in [0.4, 0.5) is 8.78 Å². The Labute approximate surface area is 136 Å². The van der Waals surface area contributed by atoms with Crippen LogP contribution in [0.3, 0.4) is 0 Å². The summed E-state index contributed by atoms with van der Waals surface area (Å²) < 4.78 is 28.3. The Morgan fingerprint density at radius 3 is 2.58 bits per heavy atom. The minimum atomic E-state index is -0.499. The molecule has 1 amide bonds. The highest BCUT2D eigenvalue weighted by molar-refractivity contribution is 6.09. The fourth-order valence-electron chi connectivity index (χ4n) is 2.55. The second kappa shape index (κ2) is 6.23. The Kier molecular flexibility index (Phi) is 4.12. The second-order valence-electron chi connectivity index (χ2n) is 5.37. The van der Waals surface area contributed by atoms with Crippen molar-refractivity contribution in [1.82, 2.24) is 9.88 Å². The highest BCUT2D eigenvalue weighted by Gasteiger charge is 2.17. The van der Waals surface area contributed by atoms with Gasteiger partial charge in [0.2, 0.25) is 5.91 Å². The van der Waals surface area contributed by atoms with Crippen LogP contribution in [0.15, 0.2) is 48.7 Å². The molecule has 1 N–H and O–H groups in total. The van der Waals surface area contributed by atoms with Gasteiger partial charge in [-0.3, -0.25) is 14.2 Å². The van der Waals surface area contributed by atoms with E-state index in [2.05, 4.69) is 5.32 Å². The van der Waals surface area contributed by atoms with E-state index in [0.717, 1.165) is 0 Å². The predicted molar refractivity (Wildman–Crippen MR) is 85.8 cm³/mol. The Balaban J connectivity index is 1.93. The van der Waals surface area contributed by atoms with E-state index in [0.29, 0.717) is 16.5 Å².